The molecule has 16 heavy (non-hydrogen) atoms. The summed E-state index contributed by atoms with van der Waals surface area (Å²) in [5.74, 6) is -2.35. The van der Waals surface area contributed by atoms with E-state index in [2.05, 4.69) is 9.97 Å². The van der Waals surface area contributed by atoms with Gasteiger partial charge in [0.05, 0.1) is 0 Å². The van der Waals surface area contributed by atoms with Crippen molar-refractivity contribution >= 4 is 11.1 Å². The molecule has 2 rings (SSSR count). The first-order valence-corrected chi connectivity index (χ1v) is 5.26. The first-order chi connectivity index (χ1) is 7.58. The van der Waals surface area contributed by atoms with E-state index in [1.807, 2.05) is 0 Å². The van der Waals surface area contributed by atoms with Gasteiger partial charge in [0.1, 0.15) is 5.82 Å². The minimum absolute atomic E-state index is 0.0123. The summed E-state index contributed by atoms with van der Waals surface area (Å²) in [7, 11) is 0. The molecule has 0 amide bonds. The highest BCUT2D eigenvalue weighted by Gasteiger charge is 2.10. The molecule has 0 bridgehead atoms. The maximum Gasteiger partial charge on any atom is 0.268 e. The average molecular weight is 243 g/mol. The maximum absolute atomic E-state index is 12.6. The van der Waals surface area contributed by atoms with E-state index in [9.17, 15) is 17.5 Å². The lowest BCUT2D eigenvalue weighted by molar-refractivity contribution is 0.475. The van der Waals surface area contributed by atoms with Crippen LogP contribution in [0, 0.1) is 11.9 Å². The van der Waals surface area contributed by atoms with E-state index in [0.29, 0.717) is 5.56 Å². The number of aromatic amines is 1. The third kappa shape index (κ3) is 2.00. The number of halogens is 2. The summed E-state index contributed by atoms with van der Waals surface area (Å²) >= 11 is -2.32. The minimum atomic E-state index is -2.32. The van der Waals surface area contributed by atoms with Crippen LogP contribution in [-0.2, 0) is 11.1 Å². The molecule has 0 saturated carbocycles. The molecule has 4 nitrogen and oxygen atoms in total. The zero-order chi connectivity index (χ0) is 11.7. The number of nitrogens with zero attached hydrogens (tertiary/aromatic N) is 1. The standard InChI is InChI=1S/C9H6F2N2O2S/c10-7-8(11)13-9(12-7)5-1-3-6(4-2-5)16(14)15/h1-4H,(H,12,13)(H,14,15)/p-1. The van der Waals surface area contributed by atoms with Crippen LogP contribution < -0.4 is 0 Å². The van der Waals surface area contributed by atoms with Crippen molar-refractivity contribution in [3.05, 3.63) is 36.2 Å². The van der Waals surface area contributed by atoms with E-state index < -0.39 is 23.0 Å². The molecule has 0 saturated heterocycles. The van der Waals surface area contributed by atoms with E-state index in [4.69, 9.17) is 0 Å². The Morgan fingerprint density at radius 2 is 1.88 bits per heavy atom. The topological polar surface area (TPSA) is 68.8 Å². The molecule has 1 unspecified atom stereocenters. The summed E-state index contributed by atoms with van der Waals surface area (Å²) in [5.41, 5.74) is 0.400. The quantitative estimate of drug-likeness (QED) is 0.814. The molecule has 1 heterocycles. The molecule has 0 radical (unpaired) electrons. The largest absolute Gasteiger partial charge is 0.768 e. The lowest BCUT2D eigenvalue weighted by Gasteiger charge is -2.04. The molecule has 1 aromatic carbocycles. The average Bonchev–Trinajstić information content (AvgIpc) is 2.59. The van der Waals surface area contributed by atoms with Gasteiger partial charge in [0.15, 0.2) is 0 Å². The lowest BCUT2D eigenvalue weighted by Crippen LogP contribution is -1.88. The Morgan fingerprint density at radius 1 is 1.25 bits per heavy atom. The molecule has 84 valence electrons. The van der Waals surface area contributed by atoms with Crippen LogP contribution in [-0.4, -0.2) is 18.7 Å². The van der Waals surface area contributed by atoms with Crippen molar-refractivity contribution in [1.29, 1.82) is 0 Å². The molecule has 0 aliphatic carbocycles. The number of benzene rings is 1. The fraction of sp³-hybridized carbons (Fsp3) is 0. The summed E-state index contributed by atoms with van der Waals surface area (Å²) in [6.07, 6.45) is 0. The van der Waals surface area contributed by atoms with Gasteiger partial charge in [-0.25, -0.2) is 0 Å². The third-order valence-corrected chi connectivity index (χ3v) is 2.60. The zero-order valence-corrected chi connectivity index (χ0v) is 8.55. The van der Waals surface area contributed by atoms with Crippen molar-refractivity contribution < 1.29 is 17.5 Å². The fourth-order valence-corrected chi connectivity index (χ4v) is 1.55. The molecule has 1 aromatic heterocycles. The van der Waals surface area contributed by atoms with Crippen LogP contribution in [0.5, 0.6) is 0 Å². The molecular formula is C9H5F2N2O2S-. The smallest absolute Gasteiger partial charge is 0.268 e. The molecular weight excluding hydrogens is 238 g/mol. The van der Waals surface area contributed by atoms with Crippen molar-refractivity contribution in [3.63, 3.8) is 0 Å². The van der Waals surface area contributed by atoms with Crippen LogP contribution in [0.3, 0.4) is 0 Å². The normalized spacial score (nSPS) is 12.7. The molecule has 0 fully saturated rings. The van der Waals surface area contributed by atoms with Gasteiger partial charge in [-0.3, -0.25) is 4.21 Å². The highest BCUT2D eigenvalue weighted by molar-refractivity contribution is 7.79. The van der Waals surface area contributed by atoms with Crippen LogP contribution >= 0.6 is 0 Å². The second-order valence-electron chi connectivity index (χ2n) is 2.95. The Kier molecular flexibility index (Phi) is 2.80. The number of hydrogen-bond acceptors (Lipinski definition) is 3. The Bertz CT molecular complexity index is 519. The van der Waals surface area contributed by atoms with E-state index in [1.165, 1.54) is 24.3 Å². The molecule has 2 aromatic rings. The number of H-pyrrole nitrogens is 1. The second-order valence-corrected chi connectivity index (χ2v) is 3.89. The molecule has 7 heteroatoms. The van der Waals surface area contributed by atoms with Crippen molar-refractivity contribution in [1.82, 2.24) is 9.97 Å². The minimum Gasteiger partial charge on any atom is -0.768 e. The third-order valence-electron chi connectivity index (χ3n) is 1.94. The van der Waals surface area contributed by atoms with E-state index in [0.717, 1.165) is 0 Å². The van der Waals surface area contributed by atoms with Gasteiger partial charge in [-0.05, 0) is 23.2 Å². The second kappa shape index (κ2) is 4.11. The monoisotopic (exact) mass is 243 g/mol. The van der Waals surface area contributed by atoms with Gasteiger partial charge in [-0.2, -0.15) is 13.8 Å². The van der Waals surface area contributed by atoms with Crippen LogP contribution in [0.25, 0.3) is 11.4 Å². The molecule has 1 atom stereocenters. The van der Waals surface area contributed by atoms with Gasteiger partial charge in [-0.15, -0.1) is 0 Å². The van der Waals surface area contributed by atoms with Crippen molar-refractivity contribution in [2.75, 3.05) is 0 Å². The number of aromatic nitrogens is 2. The number of hydrogen-bond donors (Lipinski definition) is 1. The Morgan fingerprint density at radius 3 is 2.31 bits per heavy atom. The summed E-state index contributed by atoms with van der Waals surface area (Å²) in [5, 5.41) is 0. The SMILES string of the molecule is O=S([O-])c1ccc(-c2nc(F)c(F)[nH]2)cc1. The van der Waals surface area contributed by atoms with Crippen LogP contribution in [0.2, 0.25) is 0 Å². The van der Waals surface area contributed by atoms with Crippen molar-refractivity contribution in [2.24, 2.45) is 0 Å². The van der Waals surface area contributed by atoms with Crippen LogP contribution in [0.4, 0.5) is 8.78 Å². The highest BCUT2D eigenvalue weighted by Crippen LogP contribution is 2.18. The van der Waals surface area contributed by atoms with Crippen LogP contribution in [0.15, 0.2) is 29.2 Å². The van der Waals surface area contributed by atoms with Gasteiger partial charge >= 0.3 is 0 Å². The first-order valence-electron chi connectivity index (χ1n) is 4.18. The van der Waals surface area contributed by atoms with Gasteiger partial charge in [-0.1, -0.05) is 12.1 Å². The van der Waals surface area contributed by atoms with Crippen molar-refractivity contribution in [3.8, 4) is 11.4 Å². The summed E-state index contributed by atoms with van der Waals surface area (Å²) in [6.45, 7) is 0. The highest BCUT2D eigenvalue weighted by atomic mass is 32.2. The first kappa shape index (κ1) is 10.9. The Labute approximate surface area is 91.6 Å². The fourth-order valence-electron chi connectivity index (χ4n) is 1.19. The van der Waals surface area contributed by atoms with Crippen molar-refractivity contribution in [2.45, 2.75) is 4.90 Å². The predicted molar refractivity (Wildman–Crippen MR) is 51.1 cm³/mol. The van der Waals surface area contributed by atoms with Crippen LogP contribution in [0.1, 0.15) is 0 Å². The number of imidazole rings is 1. The van der Waals surface area contributed by atoms with Gasteiger partial charge < -0.3 is 9.54 Å². The van der Waals surface area contributed by atoms with Gasteiger partial charge in [0.25, 0.3) is 5.95 Å². The van der Waals surface area contributed by atoms with Gasteiger partial charge in [0.2, 0.25) is 5.95 Å². The molecule has 0 aliphatic rings. The Hall–Kier alpha value is -1.60. The predicted octanol–water partition coefficient (Wildman–Crippen LogP) is 1.59. The van der Waals surface area contributed by atoms with E-state index in [-0.39, 0.29) is 10.7 Å². The molecule has 1 N–H and O–H groups in total. The zero-order valence-electron chi connectivity index (χ0n) is 7.74. The molecule has 0 aliphatic heterocycles. The number of nitrogens with one attached hydrogen (secondary N) is 1. The summed E-state index contributed by atoms with van der Waals surface area (Å²) in [6, 6.07) is 5.44. The van der Waals surface area contributed by atoms with Gasteiger partial charge in [0, 0.05) is 10.5 Å². The van der Waals surface area contributed by atoms with E-state index >= 15 is 0 Å². The molecule has 0 spiro atoms. The Balaban J connectivity index is 2.38. The number of rotatable bonds is 2. The summed E-state index contributed by atoms with van der Waals surface area (Å²) in [4.78, 5) is 5.50. The maximum atomic E-state index is 12.6. The summed E-state index contributed by atoms with van der Waals surface area (Å²) < 4.78 is 46.4. The van der Waals surface area contributed by atoms with E-state index in [1.54, 1.807) is 0 Å². The lowest BCUT2D eigenvalue weighted by atomic mass is 10.2.